The van der Waals surface area contributed by atoms with E-state index in [2.05, 4.69) is 10.0 Å². The molecule has 2 saturated carbocycles. The molecule has 0 radical (unpaired) electrons. The van der Waals surface area contributed by atoms with Gasteiger partial charge in [-0.25, -0.2) is 18.2 Å². The van der Waals surface area contributed by atoms with Crippen molar-refractivity contribution in [2.24, 2.45) is 11.8 Å². The topological polar surface area (TPSA) is 185 Å². The van der Waals surface area contributed by atoms with E-state index in [-0.39, 0.29) is 38.3 Å². The lowest BCUT2D eigenvalue weighted by molar-refractivity contribution is -0.143. The average molecular weight is 780 g/mol. The number of hydrogen-bond donors (Lipinski definition) is 3. The molecule has 0 bridgehead atoms. The minimum atomic E-state index is -4.00. The lowest BCUT2D eigenvalue weighted by atomic mass is 9.87. The summed E-state index contributed by atoms with van der Waals surface area (Å²) in [6, 6.07) is 3.50. The normalized spacial score (nSPS) is 29.5. The quantitative estimate of drug-likeness (QED) is 0.336. The number of carbonyl (C=O) groups is 4. The maximum atomic E-state index is 14.9. The third kappa shape index (κ3) is 7.24. The van der Waals surface area contributed by atoms with Gasteiger partial charge in [0, 0.05) is 29.8 Å². The van der Waals surface area contributed by atoms with E-state index < -0.39 is 67.7 Å². The largest absolute Gasteiger partial charge is 0.497 e. The number of ether oxygens (including phenoxy) is 2. The Morgan fingerprint density at radius 3 is 2.62 bits per heavy atom. The Labute approximate surface area is 322 Å². The number of carboxylic acid groups (broad SMARTS) is 1. The summed E-state index contributed by atoms with van der Waals surface area (Å²) in [5.41, 5.74) is -0.144. The molecule has 298 valence electrons. The molecule has 14 nitrogen and oxygen atoms in total. The van der Waals surface area contributed by atoms with Gasteiger partial charge in [0.25, 0.3) is 5.91 Å². The van der Waals surface area contributed by atoms with Gasteiger partial charge in [-0.2, -0.15) is 0 Å². The molecule has 5 atom stereocenters. The summed E-state index contributed by atoms with van der Waals surface area (Å²) in [6.45, 7) is 7.39. The summed E-state index contributed by atoms with van der Waals surface area (Å²) in [4.78, 5) is 63.8. The molecule has 2 aliphatic carbocycles. The van der Waals surface area contributed by atoms with Crippen LogP contribution in [-0.2, 0) is 30.8 Å². The molecule has 5 aliphatic rings. The number of aryl methyl sites for hydroxylation is 2. The number of carbonyl (C=O) groups excluding carboxylic acids is 3. The van der Waals surface area contributed by atoms with E-state index in [1.165, 1.54) is 9.80 Å². The molecule has 3 N–H and O–H groups in total. The SMILES string of the molecule is COc1ccc2nc(C)c3c(c2c1)CC[C@]1(C[C@H]2C(=O)N[C@]4(C(=O)NS(=O)(=O)C5(C)CC5)C[C@H]4/C=C\CCCCC[C@H](N(CC(C)C)C(=O)O)C(=O)N2C1)O3. The monoisotopic (exact) mass is 779 g/mol. The zero-order chi connectivity index (χ0) is 39.5. The highest BCUT2D eigenvalue weighted by Gasteiger charge is 2.64. The van der Waals surface area contributed by atoms with Gasteiger partial charge in [-0.15, -0.1) is 0 Å². The molecule has 15 heteroatoms. The number of aromatic nitrogens is 1. The number of hydrogen-bond acceptors (Lipinski definition) is 9. The molecular weight excluding hydrogens is 727 g/mol. The molecule has 1 saturated heterocycles. The molecule has 4 amide bonds. The van der Waals surface area contributed by atoms with Gasteiger partial charge < -0.3 is 24.8 Å². The van der Waals surface area contributed by atoms with E-state index in [9.17, 15) is 32.7 Å². The van der Waals surface area contributed by atoms with Crippen molar-refractivity contribution in [3.63, 3.8) is 0 Å². The van der Waals surface area contributed by atoms with Crippen molar-refractivity contribution in [2.75, 3.05) is 20.2 Å². The number of sulfonamides is 1. The Bertz CT molecular complexity index is 2050. The second-order valence-corrected chi connectivity index (χ2v) is 19.1. The fourth-order valence-corrected chi connectivity index (χ4v) is 9.98. The number of methoxy groups -OCH3 is 1. The first-order valence-corrected chi connectivity index (χ1v) is 21.0. The Balaban J connectivity index is 1.27. The number of amides is 4. The lowest BCUT2D eigenvalue weighted by Gasteiger charge is -2.37. The number of nitrogens with one attached hydrogen (secondary N) is 2. The van der Waals surface area contributed by atoms with Crippen LogP contribution in [0.5, 0.6) is 11.5 Å². The van der Waals surface area contributed by atoms with Crippen LogP contribution in [0.25, 0.3) is 10.9 Å². The molecule has 3 fully saturated rings. The average Bonchev–Trinajstić information content (AvgIpc) is 4.03. The number of rotatable bonds is 7. The summed E-state index contributed by atoms with van der Waals surface area (Å²) in [5, 5.41) is 14.2. The molecule has 55 heavy (non-hydrogen) atoms. The van der Waals surface area contributed by atoms with E-state index in [0.29, 0.717) is 55.7 Å². The van der Waals surface area contributed by atoms with Crippen LogP contribution in [0.2, 0.25) is 0 Å². The van der Waals surface area contributed by atoms with Crippen molar-refractivity contribution in [1.82, 2.24) is 24.8 Å². The molecule has 4 heterocycles. The van der Waals surface area contributed by atoms with Crippen molar-refractivity contribution >= 4 is 44.7 Å². The zero-order valence-electron chi connectivity index (χ0n) is 32.4. The van der Waals surface area contributed by atoms with Crippen LogP contribution in [0.4, 0.5) is 4.79 Å². The van der Waals surface area contributed by atoms with Crippen molar-refractivity contribution in [1.29, 1.82) is 0 Å². The van der Waals surface area contributed by atoms with Gasteiger partial charge in [0.05, 0.1) is 29.6 Å². The minimum Gasteiger partial charge on any atom is -0.497 e. The van der Waals surface area contributed by atoms with Crippen LogP contribution in [0, 0.1) is 18.8 Å². The molecular formula is C40H53N5O9S. The summed E-state index contributed by atoms with van der Waals surface area (Å²) >= 11 is 0. The zero-order valence-corrected chi connectivity index (χ0v) is 33.2. The van der Waals surface area contributed by atoms with E-state index in [1.807, 2.05) is 51.1 Å². The summed E-state index contributed by atoms with van der Waals surface area (Å²) in [5.74, 6) is -1.15. The van der Waals surface area contributed by atoms with Crippen molar-refractivity contribution in [3.8, 4) is 11.5 Å². The lowest BCUT2D eigenvalue weighted by Crippen LogP contribution is -2.59. The maximum absolute atomic E-state index is 14.9. The van der Waals surface area contributed by atoms with Gasteiger partial charge in [-0.3, -0.25) is 24.0 Å². The molecule has 2 aromatic rings. The van der Waals surface area contributed by atoms with Gasteiger partial charge in [0.1, 0.15) is 34.7 Å². The number of nitrogens with zero attached hydrogens (tertiary/aromatic N) is 3. The second kappa shape index (κ2) is 14.3. The predicted molar refractivity (Wildman–Crippen MR) is 204 cm³/mol. The third-order valence-corrected chi connectivity index (χ3v) is 14.5. The standard InChI is InChI=1S/C40H53N5O9S/c1-24(2)22-44(37(49)50)31-12-10-8-6-7-9-11-26-20-40(26,36(48)43-55(51,52)38(4)17-18-38)42-34(46)32-21-39(23-45(32)35(31)47)16-15-28-29-19-27(53-5)13-14-30(29)41-25(3)33(28)54-39/h9,11,13-14,19,24,26,31-32H,6-8,10,12,15-18,20-23H2,1-5H3,(H,42,46)(H,43,48)(H,49,50)/b11-9-/t26-,31+,32+,39-,40-/m1/s1. The fourth-order valence-electron chi connectivity index (χ4n) is 8.67. The Kier molecular flexibility index (Phi) is 10.1. The smallest absolute Gasteiger partial charge is 0.407 e. The van der Waals surface area contributed by atoms with Crippen LogP contribution in [0.15, 0.2) is 30.4 Å². The van der Waals surface area contributed by atoms with Gasteiger partial charge in [0.2, 0.25) is 21.8 Å². The molecule has 7 rings (SSSR count). The van der Waals surface area contributed by atoms with Crippen molar-refractivity contribution in [3.05, 3.63) is 41.6 Å². The Morgan fingerprint density at radius 1 is 1.16 bits per heavy atom. The van der Waals surface area contributed by atoms with E-state index in [1.54, 1.807) is 14.0 Å². The number of benzene rings is 1. The number of pyridine rings is 1. The Morgan fingerprint density at radius 2 is 1.93 bits per heavy atom. The fraction of sp³-hybridized carbons (Fsp3) is 0.625. The Hall–Kier alpha value is -4.40. The van der Waals surface area contributed by atoms with Gasteiger partial charge >= 0.3 is 6.09 Å². The molecule has 3 aliphatic heterocycles. The van der Waals surface area contributed by atoms with Crippen LogP contribution in [0.1, 0.15) is 96.2 Å². The summed E-state index contributed by atoms with van der Waals surface area (Å²) < 4.78 is 40.1. The first kappa shape index (κ1) is 38.9. The molecule has 1 aromatic carbocycles. The van der Waals surface area contributed by atoms with Crippen LogP contribution < -0.4 is 19.5 Å². The molecule has 1 spiro atoms. The van der Waals surface area contributed by atoms with Gasteiger partial charge in [-0.1, -0.05) is 38.8 Å². The summed E-state index contributed by atoms with van der Waals surface area (Å²) in [6.07, 6.45) is 7.86. The van der Waals surface area contributed by atoms with Crippen molar-refractivity contribution in [2.45, 2.75) is 126 Å². The van der Waals surface area contributed by atoms with E-state index in [4.69, 9.17) is 14.5 Å². The highest BCUT2D eigenvalue weighted by atomic mass is 32.2. The van der Waals surface area contributed by atoms with Gasteiger partial charge in [-0.05, 0) is 89.3 Å². The maximum Gasteiger partial charge on any atom is 0.407 e. The third-order valence-electron chi connectivity index (χ3n) is 12.3. The minimum absolute atomic E-state index is 0.0137. The van der Waals surface area contributed by atoms with Crippen LogP contribution in [-0.4, -0.2) is 100 Å². The second-order valence-electron chi connectivity index (χ2n) is 16.9. The number of fused-ring (bicyclic) bond motifs is 5. The highest BCUT2D eigenvalue weighted by Crippen LogP contribution is 2.49. The predicted octanol–water partition coefficient (Wildman–Crippen LogP) is 4.61. The van der Waals surface area contributed by atoms with E-state index >= 15 is 0 Å². The first-order valence-electron chi connectivity index (χ1n) is 19.5. The van der Waals surface area contributed by atoms with Crippen molar-refractivity contribution < 1.29 is 42.2 Å². The highest BCUT2D eigenvalue weighted by molar-refractivity contribution is 7.91. The van der Waals surface area contributed by atoms with Crippen LogP contribution >= 0.6 is 0 Å². The van der Waals surface area contributed by atoms with Crippen LogP contribution in [0.3, 0.4) is 0 Å². The molecule has 0 unspecified atom stereocenters. The molecule has 1 aromatic heterocycles. The summed E-state index contributed by atoms with van der Waals surface area (Å²) in [7, 11) is -2.40. The van der Waals surface area contributed by atoms with E-state index in [0.717, 1.165) is 29.3 Å². The number of allylic oxidation sites excluding steroid dienone is 1. The van der Waals surface area contributed by atoms with Gasteiger partial charge in [0.15, 0.2) is 0 Å². The first-order chi connectivity index (χ1) is 26.0.